The zero-order valence-corrected chi connectivity index (χ0v) is 13.3. The van der Waals surface area contributed by atoms with E-state index in [1.807, 2.05) is 18.2 Å². The van der Waals surface area contributed by atoms with Gasteiger partial charge in [-0.2, -0.15) is 0 Å². The fraction of sp³-hybridized carbons (Fsp3) is 0.611. The van der Waals surface area contributed by atoms with Crippen LogP contribution < -0.4 is 10.6 Å². The summed E-state index contributed by atoms with van der Waals surface area (Å²) in [7, 11) is 0. The molecule has 0 aromatic heterocycles. The molecular weight excluding hydrogens is 260 g/mol. The van der Waals surface area contributed by atoms with E-state index in [-0.39, 0.29) is 11.9 Å². The summed E-state index contributed by atoms with van der Waals surface area (Å²) >= 11 is 0. The summed E-state index contributed by atoms with van der Waals surface area (Å²) in [6, 6.07) is 8.53. The lowest BCUT2D eigenvalue weighted by Crippen LogP contribution is -2.45. The van der Waals surface area contributed by atoms with Gasteiger partial charge in [0.15, 0.2) is 0 Å². The minimum atomic E-state index is -0.0641. The Morgan fingerprint density at radius 1 is 1.24 bits per heavy atom. The predicted octanol–water partition coefficient (Wildman–Crippen LogP) is 3.89. The number of anilines is 1. The molecule has 0 fully saturated rings. The van der Waals surface area contributed by atoms with E-state index in [4.69, 9.17) is 0 Å². The molecule has 1 aliphatic rings. The third kappa shape index (κ3) is 4.57. The van der Waals surface area contributed by atoms with Crippen LogP contribution in [-0.2, 0) is 11.2 Å². The number of hydrogen-bond donors (Lipinski definition) is 2. The number of amides is 1. The maximum atomic E-state index is 12.4. The van der Waals surface area contributed by atoms with Crippen molar-refractivity contribution in [3.63, 3.8) is 0 Å². The molecule has 3 heteroatoms. The average Bonchev–Trinajstić information content (AvgIpc) is 2.64. The number of fused-ring (bicyclic) bond motifs is 1. The van der Waals surface area contributed by atoms with Crippen molar-refractivity contribution >= 4 is 11.6 Å². The zero-order valence-electron chi connectivity index (χ0n) is 13.3. The molecular formula is C18H28N2O. The van der Waals surface area contributed by atoms with E-state index >= 15 is 0 Å². The van der Waals surface area contributed by atoms with E-state index in [0.717, 1.165) is 31.4 Å². The Balaban J connectivity index is 1.99. The van der Waals surface area contributed by atoms with Crippen LogP contribution in [0.2, 0.25) is 0 Å². The number of carbonyl (C=O) groups excluding carboxylic acids is 1. The summed E-state index contributed by atoms with van der Waals surface area (Å²) in [6.07, 6.45) is 7.76. The van der Waals surface area contributed by atoms with Gasteiger partial charge in [0.2, 0.25) is 5.91 Å². The van der Waals surface area contributed by atoms with E-state index < -0.39 is 0 Å². The summed E-state index contributed by atoms with van der Waals surface area (Å²) < 4.78 is 0. The largest absolute Gasteiger partial charge is 0.324 e. The van der Waals surface area contributed by atoms with Gasteiger partial charge in [-0.25, -0.2) is 0 Å². The van der Waals surface area contributed by atoms with Crippen LogP contribution in [0.15, 0.2) is 24.3 Å². The Morgan fingerprint density at radius 2 is 2.05 bits per heavy atom. The Kier molecular flexibility index (Phi) is 6.24. The van der Waals surface area contributed by atoms with Crippen molar-refractivity contribution in [2.45, 2.75) is 70.9 Å². The minimum absolute atomic E-state index is 0.0641. The van der Waals surface area contributed by atoms with E-state index in [1.165, 1.54) is 24.8 Å². The normalized spacial score (nSPS) is 19.5. The van der Waals surface area contributed by atoms with Crippen molar-refractivity contribution in [3.8, 4) is 0 Å². The quantitative estimate of drug-likeness (QED) is 0.799. The number of benzene rings is 1. The molecule has 2 N–H and O–H groups in total. The van der Waals surface area contributed by atoms with Crippen LogP contribution in [0, 0.1) is 0 Å². The fourth-order valence-electron chi connectivity index (χ4n) is 3.06. The van der Waals surface area contributed by atoms with Gasteiger partial charge in [0.05, 0.1) is 6.04 Å². The lowest BCUT2D eigenvalue weighted by Gasteiger charge is -2.23. The van der Waals surface area contributed by atoms with Crippen LogP contribution in [0.4, 0.5) is 5.69 Å². The summed E-state index contributed by atoms with van der Waals surface area (Å²) in [5.74, 6) is 0.123. The summed E-state index contributed by atoms with van der Waals surface area (Å²) in [5.41, 5.74) is 2.23. The van der Waals surface area contributed by atoms with Gasteiger partial charge in [-0.05, 0) is 37.3 Å². The van der Waals surface area contributed by atoms with Gasteiger partial charge in [0.25, 0.3) is 0 Å². The van der Waals surface area contributed by atoms with Crippen molar-refractivity contribution in [3.05, 3.63) is 29.8 Å². The van der Waals surface area contributed by atoms with Crippen LogP contribution >= 0.6 is 0 Å². The van der Waals surface area contributed by atoms with E-state index in [0.29, 0.717) is 6.04 Å². The molecule has 1 aromatic carbocycles. The molecule has 0 radical (unpaired) electrons. The number of para-hydroxylation sites is 1. The van der Waals surface area contributed by atoms with Gasteiger partial charge < -0.3 is 10.6 Å². The minimum Gasteiger partial charge on any atom is -0.324 e. The molecule has 0 bridgehead atoms. The molecule has 1 aliphatic heterocycles. The van der Waals surface area contributed by atoms with Crippen LogP contribution in [0.5, 0.6) is 0 Å². The van der Waals surface area contributed by atoms with Gasteiger partial charge in [-0.3, -0.25) is 4.79 Å². The molecule has 116 valence electrons. The number of nitrogens with one attached hydrogen (secondary N) is 2. The molecule has 3 nitrogen and oxygen atoms in total. The lowest BCUT2D eigenvalue weighted by molar-refractivity contribution is -0.118. The first-order valence-corrected chi connectivity index (χ1v) is 8.39. The van der Waals surface area contributed by atoms with Crippen LogP contribution in [0.1, 0.15) is 57.9 Å². The van der Waals surface area contributed by atoms with Crippen molar-refractivity contribution in [1.29, 1.82) is 0 Å². The number of aryl methyl sites for hydroxylation is 1. The molecule has 2 atom stereocenters. The highest BCUT2D eigenvalue weighted by atomic mass is 16.2. The highest BCUT2D eigenvalue weighted by Crippen LogP contribution is 2.22. The molecule has 1 aromatic rings. The van der Waals surface area contributed by atoms with Gasteiger partial charge >= 0.3 is 0 Å². The first-order chi connectivity index (χ1) is 10.2. The van der Waals surface area contributed by atoms with Gasteiger partial charge in [-0.1, -0.05) is 51.3 Å². The summed E-state index contributed by atoms with van der Waals surface area (Å²) in [5, 5.41) is 6.68. The Hall–Kier alpha value is -1.35. The summed E-state index contributed by atoms with van der Waals surface area (Å²) in [4.78, 5) is 12.4. The highest BCUT2D eigenvalue weighted by molar-refractivity contribution is 5.96. The fourth-order valence-corrected chi connectivity index (χ4v) is 3.06. The first kappa shape index (κ1) is 16.0. The maximum Gasteiger partial charge on any atom is 0.241 e. The van der Waals surface area contributed by atoms with E-state index in [9.17, 15) is 4.79 Å². The van der Waals surface area contributed by atoms with Gasteiger partial charge in [0.1, 0.15) is 0 Å². The Morgan fingerprint density at radius 3 is 2.81 bits per heavy atom. The molecule has 21 heavy (non-hydrogen) atoms. The smallest absolute Gasteiger partial charge is 0.241 e. The predicted molar refractivity (Wildman–Crippen MR) is 88.5 cm³/mol. The van der Waals surface area contributed by atoms with Crippen molar-refractivity contribution in [2.24, 2.45) is 0 Å². The number of hydrogen-bond acceptors (Lipinski definition) is 2. The molecule has 1 amide bonds. The molecule has 1 heterocycles. The maximum absolute atomic E-state index is 12.4. The number of carbonyl (C=O) groups is 1. The number of unbranched alkanes of at least 4 members (excludes halogenated alkanes) is 1. The molecule has 0 spiro atoms. The van der Waals surface area contributed by atoms with Crippen LogP contribution in [0.3, 0.4) is 0 Å². The molecule has 2 unspecified atom stereocenters. The topological polar surface area (TPSA) is 41.1 Å². The third-order valence-electron chi connectivity index (χ3n) is 4.27. The van der Waals surface area contributed by atoms with E-state index in [1.54, 1.807) is 0 Å². The van der Waals surface area contributed by atoms with E-state index in [2.05, 4.69) is 30.5 Å². The second kappa shape index (κ2) is 8.18. The summed E-state index contributed by atoms with van der Waals surface area (Å²) in [6.45, 7) is 4.43. The highest BCUT2D eigenvalue weighted by Gasteiger charge is 2.25. The lowest BCUT2D eigenvalue weighted by atomic mass is 10.0. The second-order valence-corrected chi connectivity index (χ2v) is 6.03. The molecule has 0 saturated heterocycles. The molecule has 2 rings (SSSR count). The van der Waals surface area contributed by atoms with Gasteiger partial charge in [-0.15, -0.1) is 0 Å². The van der Waals surface area contributed by atoms with Crippen molar-refractivity contribution in [1.82, 2.24) is 5.32 Å². The SMILES string of the molecule is CCCCC(CCC)NC1CCc2ccccc2NC1=O. The molecule has 0 saturated carbocycles. The Bertz CT molecular complexity index is 458. The number of rotatable bonds is 7. The molecule has 0 aliphatic carbocycles. The Labute approximate surface area is 128 Å². The average molecular weight is 288 g/mol. The van der Waals surface area contributed by atoms with Crippen LogP contribution in [0.25, 0.3) is 0 Å². The van der Waals surface area contributed by atoms with Crippen molar-refractivity contribution < 1.29 is 4.79 Å². The first-order valence-electron chi connectivity index (χ1n) is 8.39. The van der Waals surface area contributed by atoms with Crippen LogP contribution in [-0.4, -0.2) is 18.0 Å². The monoisotopic (exact) mass is 288 g/mol. The second-order valence-electron chi connectivity index (χ2n) is 6.03. The van der Waals surface area contributed by atoms with Gasteiger partial charge in [0, 0.05) is 11.7 Å². The van der Waals surface area contributed by atoms with Crippen molar-refractivity contribution in [2.75, 3.05) is 5.32 Å². The zero-order chi connectivity index (χ0) is 15.1. The third-order valence-corrected chi connectivity index (χ3v) is 4.27. The standard InChI is InChI=1S/C18H28N2O/c1-3-5-10-15(8-4-2)19-17-13-12-14-9-6-7-11-16(14)20-18(17)21/h6-7,9,11,15,17,19H,3-5,8,10,12-13H2,1-2H3,(H,20,21).